The van der Waals surface area contributed by atoms with Crippen molar-refractivity contribution in [1.82, 2.24) is 14.5 Å². The molecule has 0 amide bonds. The van der Waals surface area contributed by atoms with Gasteiger partial charge < -0.3 is 9.47 Å². The van der Waals surface area contributed by atoms with Gasteiger partial charge in [-0.3, -0.25) is 0 Å². The number of rotatable bonds is 4. The average Bonchev–Trinajstić information content (AvgIpc) is 2.74. The summed E-state index contributed by atoms with van der Waals surface area (Å²) in [7, 11) is 3.88. The first-order valence-corrected chi connectivity index (χ1v) is 7.06. The molecule has 2 aromatic rings. The van der Waals surface area contributed by atoms with Gasteiger partial charge in [0.25, 0.3) is 0 Å². The lowest BCUT2D eigenvalue weighted by Crippen LogP contribution is -2.23. The number of benzene rings is 1. The molecule has 0 aliphatic carbocycles. The Bertz CT molecular complexity index is 634. The number of halogens is 4. The SMILES string of the molecule is CC(CN(C)C)n1c(CCl)nc2cc(C(F)(F)F)ccc21. The molecule has 116 valence electrons. The highest BCUT2D eigenvalue weighted by molar-refractivity contribution is 6.16. The Labute approximate surface area is 126 Å². The summed E-state index contributed by atoms with van der Waals surface area (Å²) in [5, 5.41) is 0. The number of alkyl halides is 4. The van der Waals surface area contributed by atoms with E-state index in [0.717, 1.165) is 18.7 Å². The Kier molecular flexibility index (Phi) is 4.49. The van der Waals surface area contributed by atoms with Crippen LogP contribution < -0.4 is 0 Å². The minimum atomic E-state index is -4.37. The average molecular weight is 320 g/mol. The Hall–Kier alpha value is -1.27. The van der Waals surface area contributed by atoms with E-state index >= 15 is 0 Å². The van der Waals surface area contributed by atoms with Gasteiger partial charge in [0, 0.05) is 12.6 Å². The highest BCUT2D eigenvalue weighted by atomic mass is 35.5. The molecule has 21 heavy (non-hydrogen) atoms. The van der Waals surface area contributed by atoms with Gasteiger partial charge in [-0.1, -0.05) is 0 Å². The van der Waals surface area contributed by atoms with Crippen LogP contribution in [-0.4, -0.2) is 35.1 Å². The fourth-order valence-corrected chi connectivity index (χ4v) is 2.71. The van der Waals surface area contributed by atoms with Crippen molar-refractivity contribution in [2.45, 2.75) is 25.0 Å². The van der Waals surface area contributed by atoms with E-state index < -0.39 is 11.7 Å². The second kappa shape index (κ2) is 5.85. The highest BCUT2D eigenvalue weighted by Gasteiger charge is 2.31. The monoisotopic (exact) mass is 319 g/mol. The van der Waals surface area contributed by atoms with Gasteiger partial charge in [-0.25, -0.2) is 4.98 Å². The third-order valence-electron chi connectivity index (χ3n) is 3.28. The van der Waals surface area contributed by atoms with Crippen LogP contribution in [0.25, 0.3) is 11.0 Å². The lowest BCUT2D eigenvalue weighted by Gasteiger charge is -2.21. The van der Waals surface area contributed by atoms with E-state index in [1.54, 1.807) is 0 Å². The predicted molar refractivity (Wildman–Crippen MR) is 77.6 cm³/mol. The summed E-state index contributed by atoms with van der Waals surface area (Å²) in [6.45, 7) is 2.74. The highest BCUT2D eigenvalue weighted by Crippen LogP contribution is 2.32. The number of likely N-dealkylation sites (N-methyl/N-ethyl adjacent to an activating group) is 1. The molecule has 1 aromatic heterocycles. The minimum Gasteiger partial charge on any atom is -0.323 e. The van der Waals surface area contributed by atoms with Crippen LogP contribution in [0.4, 0.5) is 13.2 Å². The molecule has 0 saturated carbocycles. The second-order valence-corrected chi connectivity index (χ2v) is 5.61. The van der Waals surface area contributed by atoms with Gasteiger partial charge in [-0.2, -0.15) is 13.2 Å². The molecule has 0 aliphatic rings. The summed E-state index contributed by atoms with van der Waals surface area (Å²) in [6.07, 6.45) is -4.37. The first-order chi connectivity index (χ1) is 9.74. The van der Waals surface area contributed by atoms with Gasteiger partial charge in [0.1, 0.15) is 5.82 Å². The maximum atomic E-state index is 12.8. The molecule has 0 radical (unpaired) electrons. The van der Waals surface area contributed by atoms with Crippen molar-refractivity contribution in [3.8, 4) is 0 Å². The van der Waals surface area contributed by atoms with E-state index in [0.29, 0.717) is 16.9 Å². The molecular weight excluding hydrogens is 303 g/mol. The number of aromatic nitrogens is 2. The van der Waals surface area contributed by atoms with Gasteiger partial charge in [0.05, 0.1) is 22.5 Å². The Morgan fingerprint density at radius 1 is 1.33 bits per heavy atom. The summed E-state index contributed by atoms with van der Waals surface area (Å²) >= 11 is 5.89. The lowest BCUT2D eigenvalue weighted by atomic mass is 10.2. The third kappa shape index (κ3) is 3.32. The van der Waals surface area contributed by atoms with Gasteiger partial charge in [0.15, 0.2) is 0 Å². The molecule has 1 atom stereocenters. The van der Waals surface area contributed by atoms with Crippen molar-refractivity contribution in [3.05, 3.63) is 29.6 Å². The maximum Gasteiger partial charge on any atom is 0.416 e. The summed E-state index contributed by atoms with van der Waals surface area (Å²) in [5.41, 5.74) is 0.306. The van der Waals surface area contributed by atoms with Crippen LogP contribution in [0.1, 0.15) is 24.4 Å². The fraction of sp³-hybridized carbons (Fsp3) is 0.500. The zero-order chi connectivity index (χ0) is 15.8. The molecule has 0 N–H and O–H groups in total. The van der Waals surface area contributed by atoms with Crippen LogP contribution in [-0.2, 0) is 12.1 Å². The fourth-order valence-electron chi connectivity index (χ4n) is 2.52. The van der Waals surface area contributed by atoms with Crippen molar-refractivity contribution in [2.75, 3.05) is 20.6 Å². The molecule has 7 heteroatoms. The molecule has 2 rings (SSSR count). The smallest absolute Gasteiger partial charge is 0.323 e. The second-order valence-electron chi connectivity index (χ2n) is 5.34. The van der Waals surface area contributed by atoms with Gasteiger partial charge in [0.2, 0.25) is 0 Å². The first-order valence-electron chi connectivity index (χ1n) is 6.52. The van der Waals surface area contributed by atoms with Crippen LogP contribution in [0.15, 0.2) is 18.2 Å². The quantitative estimate of drug-likeness (QED) is 0.797. The Morgan fingerprint density at radius 3 is 2.52 bits per heavy atom. The van der Waals surface area contributed by atoms with E-state index in [4.69, 9.17) is 11.6 Å². The minimum absolute atomic E-state index is 0.0653. The molecule has 0 spiro atoms. The van der Waals surface area contributed by atoms with Crippen LogP contribution >= 0.6 is 11.6 Å². The molecule has 0 saturated heterocycles. The summed E-state index contributed by atoms with van der Waals surface area (Å²) in [6, 6.07) is 3.69. The van der Waals surface area contributed by atoms with Gasteiger partial charge in [-0.15, -0.1) is 11.6 Å². The largest absolute Gasteiger partial charge is 0.416 e. The number of nitrogens with zero attached hydrogens (tertiary/aromatic N) is 3. The number of imidazole rings is 1. The molecule has 0 fully saturated rings. The van der Waals surface area contributed by atoms with Crippen molar-refractivity contribution in [1.29, 1.82) is 0 Å². The molecule has 1 aromatic carbocycles. The van der Waals surface area contributed by atoms with E-state index in [1.165, 1.54) is 6.07 Å². The van der Waals surface area contributed by atoms with Gasteiger partial charge in [-0.05, 0) is 39.2 Å². The van der Waals surface area contributed by atoms with Crippen LogP contribution in [0, 0.1) is 0 Å². The van der Waals surface area contributed by atoms with Crippen LogP contribution in [0.3, 0.4) is 0 Å². The molecule has 1 heterocycles. The lowest BCUT2D eigenvalue weighted by molar-refractivity contribution is -0.137. The first kappa shape index (κ1) is 16.1. The van der Waals surface area contributed by atoms with Crippen LogP contribution in [0.5, 0.6) is 0 Å². The predicted octanol–water partition coefficient (Wildman–Crippen LogP) is 3.92. The van der Waals surface area contributed by atoms with Crippen molar-refractivity contribution in [2.24, 2.45) is 0 Å². The molecule has 3 nitrogen and oxygen atoms in total. The third-order valence-corrected chi connectivity index (χ3v) is 3.52. The summed E-state index contributed by atoms with van der Waals surface area (Å²) in [4.78, 5) is 6.26. The van der Waals surface area contributed by atoms with E-state index in [9.17, 15) is 13.2 Å². The Balaban J connectivity index is 2.55. The summed E-state index contributed by atoms with van der Waals surface area (Å²) < 4.78 is 40.2. The molecular formula is C14H17ClF3N3. The zero-order valence-corrected chi connectivity index (χ0v) is 12.8. The van der Waals surface area contributed by atoms with E-state index in [1.807, 2.05) is 30.5 Å². The molecule has 0 aliphatic heterocycles. The maximum absolute atomic E-state index is 12.8. The number of hydrogen-bond acceptors (Lipinski definition) is 2. The number of hydrogen-bond donors (Lipinski definition) is 0. The zero-order valence-electron chi connectivity index (χ0n) is 12.1. The number of fused-ring (bicyclic) bond motifs is 1. The van der Waals surface area contributed by atoms with Crippen molar-refractivity contribution >= 4 is 22.6 Å². The van der Waals surface area contributed by atoms with E-state index in [2.05, 4.69) is 4.98 Å². The van der Waals surface area contributed by atoms with Gasteiger partial charge >= 0.3 is 6.18 Å². The standard InChI is InChI=1S/C14H17ClF3N3/c1-9(8-20(2)3)21-12-5-4-10(14(16,17)18)6-11(12)19-13(21)7-15/h4-6,9H,7-8H2,1-3H3. The Morgan fingerprint density at radius 2 is 2.00 bits per heavy atom. The van der Waals surface area contributed by atoms with Crippen molar-refractivity contribution < 1.29 is 13.2 Å². The topological polar surface area (TPSA) is 21.1 Å². The van der Waals surface area contributed by atoms with Crippen LogP contribution in [0.2, 0.25) is 0 Å². The van der Waals surface area contributed by atoms with E-state index in [-0.39, 0.29) is 11.9 Å². The normalized spacial score (nSPS) is 14.1. The molecule has 0 bridgehead atoms. The summed E-state index contributed by atoms with van der Waals surface area (Å²) in [5.74, 6) is 0.744. The van der Waals surface area contributed by atoms with Crippen molar-refractivity contribution in [3.63, 3.8) is 0 Å². The molecule has 1 unspecified atom stereocenters.